The number of nitrogens with zero attached hydrogens (tertiary/aromatic N) is 2. The Bertz CT molecular complexity index is 599. The van der Waals surface area contributed by atoms with Crippen LogP contribution in [0.4, 0.5) is 24.7 Å². The Morgan fingerprint density at radius 2 is 1.84 bits per heavy atom. The van der Waals surface area contributed by atoms with Crippen LogP contribution < -0.4 is 5.32 Å². The Kier molecular flexibility index (Phi) is 3.61. The molecule has 0 aliphatic carbocycles. The zero-order chi connectivity index (χ0) is 14.0. The largest absolute Gasteiger partial charge is 0.416 e. The van der Waals surface area contributed by atoms with Gasteiger partial charge in [0.05, 0.1) is 5.56 Å². The molecule has 1 heterocycles. The van der Waals surface area contributed by atoms with Crippen molar-refractivity contribution in [2.75, 3.05) is 5.32 Å². The highest BCUT2D eigenvalue weighted by molar-refractivity contribution is 6.31. The van der Waals surface area contributed by atoms with E-state index in [1.807, 2.05) is 0 Å². The SMILES string of the molecule is Cc1ccc(Nc2nccnc2Cl)cc1C(F)(F)F. The molecule has 0 aliphatic heterocycles. The Morgan fingerprint density at radius 3 is 2.47 bits per heavy atom. The smallest absolute Gasteiger partial charge is 0.338 e. The van der Waals surface area contributed by atoms with E-state index in [1.165, 1.54) is 31.5 Å². The summed E-state index contributed by atoms with van der Waals surface area (Å²) in [5.41, 5.74) is -0.291. The van der Waals surface area contributed by atoms with Crippen molar-refractivity contribution in [3.63, 3.8) is 0 Å². The molecule has 19 heavy (non-hydrogen) atoms. The summed E-state index contributed by atoms with van der Waals surface area (Å²) in [4.78, 5) is 7.68. The van der Waals surface area contributed by atoms with Crippen LogP contribution in [0.25, 0.3) is 0 Å². The number of aromatic nitrogens is 2. The van der Waals surface area contributed by atoms with Crippen molar-refractivity contribution in [2.24, 2.45) is 0 Å². The molecule has 0 atom stereocenters. The summed E-state index contributed by atoms with van der Waals surface area (Å²) in [7, 11) is 0. The van der Waals surface area contributed by atoms with Gasteiger partial charge in [0, 0.05) is 18.1 Å². The summed E-state index contributed by atoms with van der Waals surface area (Å²) in [5, 5.41) is 2.80. The van der Waals surface area contributed by atoms with Gasteiger partial charge in [-0.15, -0.1) is 0 Å². The van der Waals surface area contributed by atoms with E-state index in [9.17, 15) is 13.2 Å². The molecule has 2 aromatic rings. The van der Waals surface area contributed by atoms with Crippen LogP contribution in [0.15, 0.2) is 30.6 Å². The quantitative estimate of drug-likeness (QED) is 0.899. The van der Waals surface area contributed by atoms with Crippen molar-refractivity contribution < 1.29 is 13.2 Å². The monoisotopic (exact) mass is 287 g/mol. The van der Waals surface area contributed by atoms with E-state index in [2.05, 4.69) is 15.3 Å². The first-order valence-corrected chi connectivity index (χ1v) is 5.67. The normalized spacial score (nSPS) is 11.4. The van der Waals surface area contributed by atoms with Crippen LogP contribution in [-0.2, 0) is 6.18 Å². The van der Waals surface area contributed by atoms with Gasteiger partial charge in [0.2, 0.25) is 0 Å². The Labute approximate surface area is 112 Å². The van der Waals surface area contributed by atoms with Crippen LogP contribution in [0.3, 0.4) is 0 Å². The lowest BCUT2D eigenvalue weighted by atomic mass is 10.1. The lowest BCUT2D eigenvalue weighted by Gasteiger charge is -2.13. The lowest BCUT2D eigenvalue weighted by molar-refractivity contribution is -0.138. The maximum atomic E-state index is 12.8. The van der Waals surface area contributed by atoms with Gasteiger partial charge in [-0.2, -0.15) is 13.2 Å². The van der Waals surface area contributed by atoms with Gasteiger partial charge in [0.25, 0.3) is 0 Å². The van der Waals surface area contributed by atoms with Crippen LogP contribution in [0.5, 0.6) is 0 Å². The maximum absolute atomic E-state index is 12.8. The summed E-state index contributed by atoms with van der Waals surface area (Å²) in [6.45, 7) is 1.40. The van der Waals surface area contributed by atoms with Crippen LogP contribution in [0.2, 0.25) is 5.15 Å². The predicted molar refractivity (Wildman–Crippen MR) is 66.5 cm³/mol. The fourth-order valence-electron chi connectivity index (χ4n) is 1.55. The minimum Gasteiger partial charge on any atom is -0.338 e. The van der Waals surface area contributed by atoms with Gasteiger partial charge in [-0.1, -0.05) is 17.7 Å². The third-order valence-electron chi connectivity index (χ3n) is 2.46. The predicted octanol–water partition coefficient (Wildman–Crippen LogP) is 4.20. The maximum Gasteiger partial charge on any atom is 0.416 e. The molecule has 0 spiro atoms. The molecule has 1 aromatic carbocycles. The summed E-state index contributed by atoms with van der Waals surface area (Å²) in [5.74, 6) is 0.209. The van der Waals surface area contributed by atoms with Crippen LogP contribution in [0, 0.1) is 6.92 Å². The molecule has 0 saturated carbocycles. The average molecular weight is 288 g/mol. The van der Waals surface area contributed by atoms with Crippen LogP contribution >= 0.6 is 11.6 Å². The van der Waals surface area contributed by atoms with E-state index in [0.717, 1.165) is 6.07 Å². The molecule has 3 nitrogen and oxygen atoms in total. The number of alkyl halides is 3. The molecule has 0 unspecified atom stereocenters. The second-order valence-electron chi connectivity index (χ2n) is 3.85. The van der Waals surface area contributed by atoms with Crippen molar-refractivity contribution in [2.45, 2.75) is 13.1 Å². The zero-order valence-corrected chi connectivity index (χ0v) is 10.5. The van der Waals surface area contributed by atoms with E-state index >= 15 is 0 Å². The molecule has 7 heteroatoms. The molecule has 0 aliphatic rings. The van der Waals surface area contributed by atoms with Crippen molar-refractivity contribution in [1.82, 2.24) is 9.97 Å². The molecule has 2 rings (SSSR count). The second kappa shape index (κ2) is 5.05. The third-order valence-corrected chi connectivity index (χ3v) is 2.74. The molecule has 0 amide bonds. The first-order chi connectivity index (χ1) is 8.88. The van der Waals surface area contributed by atoms with Crippen LogP contribution in [-0.4, -0.2) is 9.97 Å². The van der Waals surface area contributed by atoms with Gasteiger partial charge in [-0.3, -0.25) is 0 Å². The fourth-order valence-corrected chi connectivity index (χ4v) is 1.70. The number of hydrogen-bond acceptors (Lipinski definition) is 3. The molecule has 0 fully saturated rings. The second-order valence-corrected chi connectivity index (χ2v) is 4.21. The van der Waals surface area contributed by atoms with E-state index in [0.29, 0.717) is 0 Å². The molecule has 0 bridgehead atoms. The van der Waals surface area contributed by atoms with Crippen molar-refractivity contribution in [3.8, 4) is 0 Å². The highest BCUT2D eigenvalue weighted by Crippen LogP contribution is 2.34. The molecule has 1 N–H and O–H groups in total. The van der Waals surface area contributed by atoms with Gasteiger partial charge in [-0.25, -0.2) is 9.97 Å². The summed E-state index contributed by atoms with van der Waals surface area (Å²) < 4.78 is 38.3. The standard InChI is InChI=1S/C12H9ClF3N3/c1-7-2-3-8(6-9(7)12(14,15)16)19-11-10(13)17-4-5-18-11/h2-6H,1H3,(H,18,19). The minimum atomic E-state index is -4.39. The molecule has 0 radical (unpaired) electrons. The zero-order valence-electron chi connectivity index (χ0n) is 9.79. The first-order valence-electron chi connectivity index (χ1n) is 5.29. The minimum absolute atomic E-state index is 0.0941. The molecule has 0 saturated heterocycles. The van der Waals surface area contributed by atoms with Gasteiger partial charge >= 0.3 is 6.18 Å². The molecular formula is C12H9ClF3N3. The van der Waals surface area contributed by atoms with Gasteiger partial charge in [0.1, 0.15) is 0 Å². The summed E-state index contributed by atoms with van der Waals surface area (Å²) in [6, 6.07) is 3.92. The average Bonchev–Trinajstić information content (AvgIpc) is 2.33. The number of hydrogen-bond donors (Lipinski definition) is 1. The number of rotatable bonds is 2. The number of halogens is 4. The summed E-state index contributed by atoms with van der Waals surface area (Å²) in [6.07, 6.45) is -1.61. The number of benzene rings is 1. The lowest BCUT2D eigenvalue weighted by Crippen LogP contribution is -2.08. The Hall–Kier alpha value is -1.82. The Balaban J connectivity index is 2.35. The summed E-state index contributed by atoms with van der Waals surface area (Å²) >= 11 is 5.78. The van der Waals surface area contributed by atoms with Crippen molar-refractivity contribution >= 4 is 23.1 Å². The fraction of sp³-hybridized carbons (Fsp3) is 0.167. The highest BCUT2D eigenvalue weighted by atomic mass is 35.5. The van der Waals surface area contributed by atoms with E-state index < -0.39 is 11.7 Å². The van der Waals surface area contributed by atoms with Gasteiger partial charge in [0.15, 0.2) is 11.0 Å². The van der Waals surface area contributed by atoms with E-state index in [4.69, 9.17) is 11.6 Å². The first kappa shape index (κ1) is 13.6. The number of nitrogens with one attached hydrogen (secondary N) is 1. The Morgan fingerprint density at radius 1 is 1.16 bits per heavy atom. The molecular weight excluding hydrogens is 279 g/mol. The van der Waals surface area contributed by atoms with Gasteiger partial charge < -0.3 is 5.32 Å². The van der Waals surface area contributed by atoms with Crippen molar-refractivity contribution in [1.29, 1.82) is 0 Å². The topological polar surface area (TPSA) is 37.8 Å². The van der Waals surface area contributed by atoms with Crippen LogP contribution in [0.1, 0.15) is 11.1 Å². The van der Waals surface area contributed by atoms with E-state index in [-0.39, 0.29) is 22.2 Å². The molecule has 100 valence electrons. The van der Waals surface area contributed by atoms with E-state index in [1.54, 1.807) is 0 Å². The third kappa shape index (κ3) is 3.14. The molecule has 1 aromatic heterocycles. The number of aryl methyl sites for hydroxylation is 1. The number of anilines is 2. The highest BCUT2D eigenvalue weighted by Gasteiger charge is 2.32. The van der Waals surface area contributed by atoms with Gasteiger partial charge in [-0.05, 0) is 24.6 Å². The van der Waals surface area contributed by atoms with Crippen molar-refractivity contribution in [3.05, 3.63) is 46.9 Å².